The average molecular weight is 435 g/mol. The molecule has 3 N–H and O–H groups in total. The zero-order valence-corrected chi connectivity index (χ0v) is 17.4. The van der Waals surface area contributed by atoms with Crippen LogP contribution >= 0.6 is 0 Å². The molecule has 0 fully saturated rings. The molecule has 1 unspecified atom stereocenters. The third-order valence-electron chi connectivity index (χ3n) is 6.42. The summed E-state index contributed by atoms with van der Waals surface area (Å²) in [5.74, 6) is 0.544. The molecule has 1 aromatic carbocycles. The van der Waals surface area contributed by atoms with Gasteiger partial charge in [-0.05, 0) is 37.5 Å². The highest BCUT2D eigenvalue weighted by atomic mass is 16.7. The Balaban J connectivity index is 1.61. The standard InChI is InChI=1S/C23H21N3O6/c1-10(24)2-3-11-12-5-18-19(32-9-31-18)6-16(12)25-20-14(11)7-26-17(20)4-13-15(22(26)28)8-30-23(29)21(13)27/h4-6,10,21,27H,2-3,7-9,24H2,1H3/t10-,21?/m1/s1. The van der Waals surface area contributed by atoms with Crippen molar-refractivity contribution in [2.24, 2.45) is 5.73 Å². The molecule has 6 rings (SSSR count). The number of nitrogens with two attached hydrogens (primary N) is 1. The number of aliphatic hydroxyl groups excluding tert-OH is 1. The molecule has 0 bridgehead atoms. The van der Waals surface area contributed by atoms with Crippen LogP contribution < -0.4 is 20.8 Å². The third kappa shape index (κ3) is 2.68. The minimum atomic E-state index is -1.48. The maximum atomic E-state index is 13.2. The van der Waals surface area contributed by atoms with Gasteiger partial charge in [0.05, 0.1) is 29.0 Å². The zero-order chi connectivity index (χ0) is 22.1. The number of rotatable bonds is 3. The number of pyridine rings is 2. The highest BCUT2D eigenvalue weighted by Crippen LogP contribution is 2.42. The fraction of sp³-hybridized carbons (Fsp3) is 0.348. The summed E-state index contributed by atoms with van der Waals surface area (Å²) < 4.78 is 17.7. The average Bonchev–Trinajstić information content (AvgIpc) is 3.37. The van der Waals surface area contributed by atoms with E-state index in [2.05, 4.69) is 0 Å². The first-order chi connectivity index (χ1) is 15.4. The first kappa shape index (κ1) is 19.3. The van der Waals surface area contributed by atoms with Crippen molar-refractivity contribution in [1.82, 2.24) is 9.55 Å². The predicted octanol–water partition coefficient (Wildman–Crippen LogP) is 1.52. The van der Waals surface area contributed by atoms with Crippen molar-refractivity contribution in [3.05, 3.63) is 50.8 Å². The summed E-state index contributed by atoms with van der Waals surface area (Å²) >= 11 is 0. The lowest BCUT2D eigenvalue weighted by Crippen LogP contribution is -2.32. The summed E-state index contributed by atoms with van der Waals surface area (Å²) in [5.41, 5.74) is 10.3. The van der Waals surface area contributed by atoms with Gasteiger partial charge < -0.3 is 29.6 Å². The number of cyclic esters (lactones) is 1. The lowest BCUT2D eigenvalue weighted by atomic mass is 9.95. The quantitative estimate of drug-likeness (QED) is 0.464. The second-order valence-electron chi connectivity index (χ2n) is 8.52. The van der Waals surface area contributed by atoms with Gasteiger partial charge in [-0.25, -0.2) is 9.78 Å². The number of benzene rings is 1. The minimum Gasteiger partial charge on any atom is -0.458 e. The van der Waals surface area contributed by atoms with Gasteiger partial charge in [-0.1, -0.05) is 0 Å². The molecule has 0 aliphatic carbocycles. The van der Waals surface area contributed by atoms with Gasteiger partial charge in [0.15, 0.2) is 17.6 Å². The van der Waals surface area contributed by atoms with E-state index < -0.39 is 12.1 Å². The van der Waals surface area contributed by atoms with Crippen LogP contribution in [0.2, 0.25) is 0 Å². The Morgan fingerprint density at radius 2 is 1.97 bits per heavy atom. The van der Waals surface area contributed by atoms with Crippen molar-refractivity contribution in [2.45, 2.75) is 45.1 Å². The van der Waals surface area contributed by atoms with E-state index in [4.69, 9.17) is 24.9 Å². The Hall–Kier alpha value is -3.43. The summed E-state index contributed by atoms with van der Waals surface area (Å²) in [6.07, 6.45) is 0.00181. The van der Waals surface area contributed by atoms with Gasteiger partial charge >= 0.3 is 5.97 Å². The SMILES string of the molecule is C[C@@H](N)CCc1c2c(nc3cc4c(cc13)OCO4)-c1cc3c(c(=O)n1C2)COC(=O)C3O. The largest absolute Gasteiger partial charge is 0.458 e. The van der Waals surface area contributed by atoms with E-state index >= 15 is 0 Å². The number of esters is 1. The Kier molecular flexibility index (Phi) is 4.08. The molecule has 32 heavy (non-hydrogen) atoms. The number of hydrogen-bond donors (Lipinski definition) is 2. The van der Waals surface area contributed by atoms with E-state index in [-0.39, 0.29) is 30.6 Å². The summed E-state index contributed by atoms with van der Waals surface area (Å²) in [5, 5.41) is 11.3. The number of hydrogen-bond acceptors (Lipinski definition) is 8. The van der Waals surface area contributed by atoms with E-state index in [1.165, 1.54) is 0 Å². The van der Waals surface area contributed by atoms with Crippen LogP contribution in [0.4, 0.5) is 0 Å². The highest BCUT2D eigenvalue weighted by Gasteiger charge is 2.35. The first-order valence-corrected chi connectivity index (χ1v) is 10.5. The Morgan fingerprint density at radius 3 is 2.75 bits per heavy atom. The van der Waals surface area contributed by atoms with Crippen LogP contribution in [0.15, 0.2) is 23.0 Å². The van der Waals surface area contributed by atoms with Crippen LogP contribution in [0.5, 0.6) is 11.5 Å². The van der Waals surface area contributed by atoms with Gasteiger partial charge in [-0.15, -0.1) is 0 Å². The maximum Gasteiger partial charge on any atom is 0.340 e. The Labute approximate surface area is 182 Å². The number of carbonyl (C=O) groups excluding carboxylic acids is 1. The fourth-order valence-electron chi connectivity index (χ4n) is 4.76. The Morgan fingerprint density at radius 1 is 1.19 bits per heavy atom. The molecule has 2 atom stereocenters. The molecule has 3 aliphatic heterocycles. The molecule has 0 amide bonds. The van der Waals surface area contributed by atoms with Crippen LogP contribution in [0, 0.1) is 0 Å². The second kappa shape index (κ2) is 6.78. The van der Waals surface area contributed by atoms with Gasteiger partial charge in [0, 0.05) is 28.6 Å². The number of aromatic nitrogens is 2. The number of aryl methyl sites for hydroxylation is 1. The summed E-state index contributed by atoms with van der Waals surface area (Å²) in [4.78, 5) is 30.0. The smallest absolute Gasteiger partial charge is 0.340 e. The predicted molar refractivity (Wildman–Crippen MR) is 113 cm³/mol. The van der Waals surface area contributed by atoms with E-state index in [0.717, 1.165) is 28.5 Å². The molecule has 0 saturated carbocycles. The van der Waals surface area contributed by atoms with Crippen LogP contribution in [0.3, 0.4) is 0 Å². The molecule has 0 spiro atoms. The van der Waals surface area contributed by atoms with Gasteiger partial charge in [-0.2, -0.15) is 0 Å². The number of carbonyl (C=O) groups is 1. The van der Waals surface area contributed by atoms with Crippen molar-refractivity contribution >= 4 is 16.9 Å². The van der Waals surface area contributed by atoms with Crippen molar-refractivity contribution in [2.75, 3.05) is 6.79 Å². The molecule has 5 heterocycles. The van der Waals surface area contributed by atoms with Gasteiger partial charge in [-0.3, -0.25) is 4.79 Å². The van der Waals surface area contributed by atoms with Crippen molar-refractivity contribution < 1.29 is 24.1 Å². The number of fused-ring (bicyclic) bond motifs is 6. The molecule has 0 saturated heterocycles. The molecule has 0 radical (unpaired) electrons. The van der Waals surface area contributed by atoms with Gasteiger partial charge in [0.25, 0.3) is 5.56 Å². The number of ether oxygens (including phenoxy) is 3. The number of nitrogens with zero attached hydrogens (tertiary/aromatic N) is 2. The van der Waals surface area contributed by atoms with Crippen LogP contribution in [0.1, 0.15) is 41.7 Å². The van der Waals surface area contributed by atoms with E-state index in [1.807, 2.05) is 19.1 Å². The van der Waals surface area contributed by atoms with Crippen molar-refractivity contribution in [3.63, 3.8) is 0 Å². The van der Waals surface area contributed by atoms with E-state index in [9.17, 15) is 14.7 Å². The zero-order valence-electron chi connectivity index (χ0n) is 17.4. The maximum absolute atomic E-state index is 13.2. The summed E-state index contributed by atoms with van der Waals surface area (Å²) in [6, 6.07) is 5.49. The third-order valence-corrected chi connectivity index (χ3v) is 6.42. The first-order valence-electron chi connectivity index (χ1n) is 10.5. The molecule has 9 nitrogen and oxygen atoms in total. The van der Waals surface area contributed by atoms with Crippen LogP contribution in [-0.4, -0.2) is 33.5 Å². The number of aliphatic hydroxyl groups is 1. The molecular formula is C23H21N3O6. The molecule has 164 valence electrons. The minimum absolute atomic E-state index is 0.0139. The normalized spacial score (nSPS) is 18.8. The summed E-state index contributed by atoms with van der Waals surface area (Å²) in [6.45, 7) is 2.34. The topological polar surface area (TPSA) is 126 Å². The molecular weight excluding hydrogens is 414 g/mol. The van der Waals surface area contributed by atoms with Gasteiger partial charge in [0.2, 0.25) is 6.79 Å². The van der Waals surface area contributed by atoms with Crippen LogP contribution in [0.25, 0.3) is 22.3 Å². The second-order valence-corrected chi connectivity index (χ2v) is 8.52. The molecule has 3 aliphatic rings. The monoisotopic (exact) mass is 435 g/mol. The van der Waals surface area contributed by atoms with Crippen molar-refractivity contribution in [1.29, 1.82) is 0 Å². The molecule has 3 aromatic rings. The molecule has 2 aromatic heterocycles. The fourth-order valence-corrected chi connectivity index (χ4v) is 4.76. The lowest BCUT2D eigenvalue weighted by Gasteiger charge is -2.21. The molecule has 9 heteroatoms. The lowest BCUT2D eigenvalue weighted by molar-refractivity contribution is -0.157. The Bertz CT molecular complexity index is 1380. The highest BCUT2D eigenvalue weighted by molar-refractivity contribution is 5.91. The van der Waals surface area contributed by atoms with Crippen molar-refractivity contribution in [3.8, 4) is 22.9 Å². The van der Waals surface area contributed by atoms with Gasteiger partial charge in [0.1, 0.15) is 6.61 Å². The van der Waals surface area contributed by atoms with E-state index in [1.54, 1.807) is 10.6 Å². The summed E-state index contributed by atoms with van der Waals surface area (Å²) in [7, 11) is 0. The van der Waals surface area contributed by atoms with Crippen LogP contribution in [-0.2, 0) is 29.1 Å². The van der Waals surface area contributed by atoms with E-state index in [0.29, 0.717) is 41.4 Å².